The van der Waals surface area contributed by atoms with Crippen molar-refractivity contribution in [2.24, 2.45) is 5.92 Å². The van der Waals surface area contributed by atoms with Crippen LogP contribution in [-0.2, 0) is 14.3 Å². The van der Waals surface area contributed by atoms with Crippen molar-refractivity contribution in [1.82, 2.24) is 4.90 Å². The maximum absolute atomic E-state index is 14.3. The van der Waals surface area contributed by atoms with E-state index in [1.165, 1.54) is 17.0 Å². The molecule has 2 amide bonds. The average Bonchev–Trinajstić information content (AvgIpc) is 2.55. The molecule has 1 unspecified atom stereocenters. The van der Waals surface area contributed by atoms with E-state index in [0.717, 1.165) is 6.07 Å². The highest BCUT2D eigenvalue weighted by Crippen LogP contribution is 2.20. The molecule has 1 aromatic carbocycles. The highest BCUT2D eigenvalue weighted by molar-refractivity contribution is 5.96. The number of hydrogen-bond donors (Lipinski definition) is 2. The van der Waals surface area contributed by atoms with Gasteiger partial charge in [0.05, 0.1) is 31.4 Å². The summed E-state index contributed by atoms with van der Waals surface area (Å²) in [7, 11) is 0. The van der Waals surface area contributed by atoms with Crippen molar-refractivity contribution in [2.45, 2.75) is 32.7 Å². The fourth-order valence-corrected chi connectivity index (χ4v) is 2.78. The topological polar surface area (TPSA) is 95.9 Å². The quantitative estimate of drug-likeness (QED) is 0.804. The van der Waals surface area contributed by atoms with Crippen molar-refractivity contribution in [3.63, 3.8) is 0 Å². The summed E-state index contributed by atoms with van der Waals surface area (Å²) in [6, 6.07) is 3.22. The van der Waals surface area contributed by atoms with Gasteiger partial charge in [0.1, 0.15) is 5.82 Å². The summed E-state index contributed by atoms with van der Waals surface area (Å²) in [5.74, 6) is -2.36. The number of halogens is 1. The third-order valence-corrected chi connectivity index (χ3v) is 3.98. The predicted molar refractivity (Wildman–Crippen MR) is 92.4 cm³/mol. The molecule has 1 fully saturated rings. The smallest absolute Gasteiger partial charge is 0.305 e. The van der Waals surface area contributed by atoms with E-state index in [2.05, 4.69) is 5.32 Å². The molecular formula is C18H23FN2O5. The number of carboxylic acids is 1. The van der Waals surface area contributed by atoms with Gasteiger partial charge in [-0.2, -0.15) is 0 Å². The van der Waals surface area contributed by atoms with Gasteiger partial charge in [0.25, 0.3) is 5.91 Å². The molecule has 1 aliphatic rings. The van der Waals surface area contributed by atoms with Crippen LogP contribution in [0.2, 0.25) is 0 Å². The Kier molecular flexibility index (Phi) is 6.68. The molecule has 1 aliphatic heterocycles. The van der Waals surface area contributed by atoms with E-state index in [0.29, 0.717) is 6.61 Å². The summed E-state index contributed by atoms with van der Waals surface area (Å²) in [5, 5.41) is 11.5. The predicted octanol–water partition coefficient (Wildman–Crippen LogP) is 2.13. The molecule has 142 valence electrons. The minimum absolute atomic E-state index is 0.0104. The SMILES string of the molecule is CC(C)CC(=O)Nc1ccc(C(=O)N2CCOCC2CC(=O)O)cc1F. The number of amides is 2. The third kappa shape index (κ3) is 5.26. The third-order valence-electron chi connectivity index (χ3n) is 3.98. The Balaban J connectivity index is 2.12. The van der Waals surface area contributed by atoms with Crippen LogP contribution in [0.15, 0.2) is 18.2 Å². The van der Waals surface area contributed by atoms with Crippen LogP contribution in [0.3, 0.4) is 0 Å². The normalized spacial score (nSPS) is 17.2. The van der Waals surface area contributed by atoms with Crippen molar-refractivity contribution >= 4 is 23.5 Å². The Labute approximate surface area is 151 Å². The molecule has 0 spiro atoms. The fourth-order valence-electron chi connectivity index (χ4n) is 2.78. The van der Waals surface area contributed by atoms with E-state index in [9.17, 15) is 18.8 Å². The molecule has 0 radical (unpaired) electrons. The minimum atomic E-state index is -1.03. The van der Waals surface area contributed by atoms with Crippen LogP contribution in [-0.4, -0.2) is 53.6 Å². The lowest BCUT2D eigenvalue weighted by molar-refractivity contribution is -0.139. The lowest BCUT2D eigenvalue weighted by Gasteiger charge is -2.34. The maximum atomic E-state index is 14.3. The Morgan fingerprint density at radius 1 is 1.38 bits per heavy atom. The number of carboxylic acid groups (broad SMARTS) is 1. The second-order valence-corrected chi connectivity index (χ2v) is 6.67. The number of morpholine rings is 1. The van der Waals surface area contributed by atoms with Crippen LogP contribution in [0.1, 0.15) is 37.0 Å². The van der Waals surface area contributed by atoms with E-state index in [-0.39, 0.29) is 49.1 Å². The van der Waals surface area contributed by atoms with Crippen molar-refractivity contribution in [3.05, 3.63) is 29.6 Å². The van der Waals surface area contributed by atoms with Crippen molar-refractivity contribution < 1.29 is 28.6 Å². The fraction of sp³-hybridized carbons (Fsp3) is 0.500. The zero-order chi connectivity index (χ0) is 19.3. The molecule has 0 bridgehead atoms. The number of anilines is 1. The number of rotatable bonds is 6. The van der Waals surface area contributed by atoms with Gasteiger partial charge >= 0.3 is 5.97 Å². The minimum Gasteiger partial charge on any atom is -0.481 e. The van der Waals surface area contributed by atoms with Crippen LogP contribution >= 0.6 is 0 Å². The Bertz CT molecular complexity index is 692. The van der Waals surface area contributed by atoms with Gasteiger partial charge in [-0.1, -0.05) is 13.8 Å². The lowest BCUT2D eigenvalue weighted by atomic mass is 10.1. The van der Waals surface area contributed by atoms with Gasteiger partial charge in [-0.05, 0) is 24.1 Å². The van der Waals surface area contributed by atoms with Gasteiger partial charge < -0.3 is 20.1 Å². The molecule has 2 rings (SSSR count). The van der Waals surface area contributed by atoms with E-state index >= 15 is 0 Å². The number of aliphatic carboxylic acids is 1. The summed E-state index contributed by atoms with van der Waals surface area (Å²) in [6.07, 6.45) is 0.0301. The molecule has 1 atom stereocenters. The van der Waals surface area contributed by atoms with Gasteiger partial charge in [0.2, 0.25) is 5.91 Å². The van der Waals surface area contributed by atoms with Gasteiger partial charge in [-0.3, -0.25) is 14.4 Å². The number of nitrogens with zero attached hydrogens (tertiary/aromatic N) is 1. The Morgan fingerprint density at radius 2 is 2.12 bits per heavy atom. The first-order valence-corrected chi connectivity index (χ1v) is 8.47. The van der Waals surface area contributed by atoms with Crippen LogP contribution in [0, 0.1) is 11.7 Å². The van der Waals surface area contributed by atoms with Crippen molar-refractivity contribution in [3.8, 4) is 0 Å². The zero-order valence-electron chi connectivity index (χ0n) is 14.8. The number of carbonyl (C=O) groups is 3. The van der Waals surface area contributed by atoms with Gasteiger partial charge in [-0.15, -0.1) is 0 Å². The van der Waals surface area contributed by atoms with E-state index < -0.39 is 23.7 Å². The second-order valence-electron chi connectivity index (χ2n) is 6.67. The van der Waals surface area contributed by atoms with Crippen LogP contribution in [0.4, 0.5) is 10.1 Å². The number of nitrogens with one attached hydrogen (secondary N) is 1. The molecule has 8 heteroatoms. The second kappa shape index (κ2) is 8.75. The standard InChI is InChI=1S/C18H23FN2O5/c1-11(2)7-16(22)20-15-4-3-12(8-14(15)19)18(25)21-5-6-26-10-13(21)9-17(23)24/h3-4,8,11,13H,5-7,9-10H2,1-2H3,(H,20,22)(H,23,24). The first-order valence-electron chi connectivity index (χ1n) is 8.47. The molecule has 0 aromatic heterocycles. The number of benzene rings is 1. The molecule has 26 heavy (non-hydrogen) atoms. The highest BCUT2D eigenvalue weighted by Gasteiger charge is 2.30. The first-order chi connectivity index (χ1) is 12.3. The number of ether oxygens (including phenoxy) is 1. The van der Waals surface area contributed by atoms with Gasteiger partial charge in [-0.25, -0.2) is 4.39 Å². The summed E-state index contributed by atoms with van der Waals surface area (Å²) in [6.45, 7) is 4.43. The summed E-state index contributed by atoms with van der Waals surface area (Å²) < 4.78 is 19.5. The first kappa shape index (κ1) is 19.8. The molecule has 7 nitrogen and oxygen atoms in total. The van der Waals surface area contributed by atoms with Crippen molar-refractivity contribution in [2.75, 3.05) is 25.1 Å². The summed E-state index contributed by atoms with van der Waals surface area (Å²) >= 11 is 0. The van der Waals surface area contributed by atoms with Crippen LogP contribution in [0.25, 0.3) is 0 Å². The van der Waals surface area contributed by atoms with Gasteiger partial charge in [0.15, 0.2) is 0 Å². The molecule has 1 aromatic rings. The zero-order valence-corrected chi connectivity index (χ0v) is 14.8. The van der Waals surface area contributed by atoms with Crippen LogP contribution in [0.5, 0.6) is 0 Å². The average molecular weight is 366 g/mol. The summed E-state index contributed by atoms with van der Waals surface area (Å²) in [4.78, 5) is 36.8. The molecular weight excluding hydrogens is 343 g/mol. The van der Waals surface area contributed by atoms with E-state index in [4.69, 9.17) is 9.84 Å². The Hall–Kier alpha value is -2.48. The van der Waals surface area contributed by atoms with Crippen molar-refractivity contribution in [1.29, 1.82) is 0 Å². The van der Waals surface area contributed by atoms with E-state index in [1.54, 1.807) is 0 Å². The molecule has 1 saturated heterocycles. The molecule has 1 heterocycles. The highest BCUT2D eigenvalue weighted by atomic mass is 19.1. The molecule has 0 saturated carbocycles. The lowest BCUT2D eigenvalue weighted by Crippen LogP contribution is -2.49. The summed E-state index contributed by atoms with van der Waals surface area (Å²) in [5.41, 5.74) is 0.109. The number of hydrogen-bond acceptors (Lipinski definition) is 4. The van der Waals surface area contributed by atoms with Gasteiger partial charge in [0, 0.05) is 18.5 Å². The monoisotopic (exact) mass is 366 g/mol. The largest absolute Gasteiger partial charge is 0.481 e. The molecule has 2 N–H and O–H groups in total. The molecule has 0 aliphatic carbocycles. The Morgan fingerprint density at radius 3 is 2.73 bits per heavy atom. The number of carbonyl (C=O) groups excluding carboxylic acids is 2. The van der Waals surface area contributed by atoms with Crippen LogP contribution < -0.4 is 5.32 Å². The maximum Gasteiger partial charge on any atom is 0.305 e. The van der Waals surface area contributed by atoms with E-state index in [1.807, 2.05) is 13.8 Å².